The van der Waals surface area contributed by atoms with Gasteiger partial charge in [0.05, 0.1) is 6.20 Å². The molecular weight excluding hydrogens is 320 g/mol. The number of ether oxygens (including phenoxy) is 1. The Kier molecular flexibility index (Phi) is 5.56. The molecule has 1 aromatic heterocycles. The lowest BCUT2D eigenvalue weighted by Crippen LogP contribution is -2.37. The van der Waals surface area contributed by atoms with E-state index >= 15 is 0 Å². The molecule has 1 fully saturated rings. The quantitative estimate of drug-likeness (QED) is 0.854. The topological polar surface area (TPSA) is 75.6 Å². The smallest absolute Gasteiger partial charge is 0.410 e. The van der Waals surface area contributed by atoms with Crippen LogP contribution in [0.5, 0.6) is 0 Å². The van der Waals surface area contributed by atoms with Crippen molar-refractivity contribution in [2.75, 3.05) is 26.2 Å². The number of hydrogen-bond acceptors (Lipinski definition) is 5. The lowest BCUT2D eigenvalue weighted by atomic mass is 10.2. The summed E-state index contributed by atoms with van der Waals surface area (Å²) in [4.78, 5) is 36.0. The highest BCUT2D eigenvalue weighted by atomic mass is 16.6. The molecule has 0 N–H and O–H groups in total. The second-order valence-corrected chi connectivity index (χ2v) is 5.76. The monoisotopic (exact) mass is 340 g/mol. The second kappa shape index (κ2) is 8.23. The molecule has 1 aliphatic rings. The average molecular weight is 340 g/mol. The van der Waals surface area contributed by atoms with Crippen molar-refractivity contribution >= 4 is 12.0 Å². The van der Waals surface area contributed by atoms with E-state index in [0.29, 0.717) is 38.3 Å². The molecule has 7 heteroatoms. The zero-order chi connectivity index (χ0) is 17.5. The second-order valence-electron chi connectivity index (χ2n) is 5.76. The van der Waals surface area contributed by atoms with Gasteiger partial charge in [-0.1, -0.05) is 30.3 Å². The van der Waals surface area contributed by atoms with Crippen LogP contribution in [-0.2, 0) is 11.3 Å². The van der Waals surface area contributed by atoms with Crippen molar-refractivity contribution in [2.45, 2.75) is 13.0 Å². The van der Waals surface area contributed by atoms with Gasteiger partial charge in [0.15, 0.2) is 0 Å². The Bertz CT molecular complexity index is 709. The Labute approximate surface area is 146 Å². The van der Waals surface area contributed by atoms with Gasteiger partial charge in [-0.25, -0.2) is 9.78 Å². The summed E-state index contributed by atoms with van der Waals surface area (Å²) >= 11 is 0. The number of rotatable bonds is 3. The molecule has 1 aliphatic heterocycles. The van der Waals surface area contributed by atoms with Crippen LogP contribution < -0.4 is 0 Å². The predicted molar refractivity (Wildman–Crippen MR) is 90.8 cm³/mol. The Morgan fingerprint density at radius 1 is 1.00 bits per heavy atom. The lowest BCUT2D eigenvalue weighted by Gasteiger charge is -2.21. The number of amides is 2. The highest BCUT2D eigenvalue weighted by Gasteiger charge is 2.24. The summed E-state index contributed by atoms with van der Waals surface area (Å²) in [7, 11) is 0. The van der Waals surface area contributed by atoms with Crippen LogP contribution in [0.15, 0.2) is 48.9 Å². The molecule has 0 aliphatic carbocycles. The number of nitrogens with zero attached hydrogens (tertiary/aromatic N) is 4. The summed E-state index contributed by atoms with van der Waals surface area (Å²) < 4.78 is 5.36. The van der Waals surface area contributed by atoms with Crippen molar-refractivity contribution in [3.8, 4) is 0 Å². The molecule has 3 rings (SSSR count). The van der Waals surface area contributed by atoms with Crippen LogP contribution in [0.1, 0.15) is 22.5 Å². The minimum Gasteiger partial charge on any atom is -0.445 e. The molecule has 130 valence electrons. The Morgan fingerprint density at radius 2 is 1.76 bits per heavy atom. The summed E-state index contributed by atoms with van der Waals surface area (Å²) in [6.45, 7) is 2.30. The maximum atomic E-state index is 12.4. The first-order valence-corrected chi connectivity index (χ1v) is 8.25. The van der Waals surface area contributed by atoms with E-state index in [0.717, 1.165) is 5.56 Å². The van der Waals surface area contributed by atoms with Crippen LogP contribution >= 0.6 is 0 Å². The van der Waals surface area contributed by atoms with Gasteiger partial charge in [-0.2, -0.15) is 0 Å². The van der Waals surface area contributed by atoms with Gasteiger partial charge >= 0.3 is 6.09 Å². The van der Waals surface area contributed by atoms with Gasteiger partial charge < -0.3 is 14.5 Å². The van der Waals surface area contributed by atoms with E-state index in [-0.39, 0.29) is 18.6 Å². The molecule has 2 amide bonds. The van der Waals surface area contributed by atoms with Crippen LogP contribution in [0.2, 0.25) is 0 Å². The third kappa shape index (κ3) is 4.53. The zero-order valence-electron chi connectivity index (χ0n) is 13.9. The van der Waals surface area contributed by atoms with E-state index in [1.807, 2.05) is 30.3 Å². The summed E-state index contributed by atoms with van der Waals surface area (Å²) in [6.07, 6.45) is 4.84. The van der Waals surface area contributed by atoms with Gasteiger partial charge in [-0.3, -0.25) is 9.78 Å². The van der Waals surface area contributed by atoms with Crippen molar-refractivity contribution in [1.29, 1.82) is 0 Å². The number of aromatic nitrogens is 2. The fourth-order valence-corrected chi connectivity index (χ4v) is 2.69. The maximum absolute atomic E-state index is 12.4. The Morgan fingerprint density at radius 3 is 2.52 bits per heavy atom. The lowest BCUT2D eigenvalue weighted by molar-refractivity contribution is 0.0743. The molecule has 0 bridgehead atoms. The van der Waals surface area contributed by atoms with Crippen molar-refractivity contribution in [3.05, 3.63) is 60.2 Å². The van der Waals surface area contributed by atoms with Crippen LogP contribution in [0, 0.1) is 0 Å². The summed E-state index contributed by atoms with van der Waals surface area (Å²) in [6, 6.07) is 9.56. The molecule has 2 heterocycles. The highest BCUT2D eigenvalue weighted by molar-refractivity contribution is 5.92. The molecule has 0 unspecified atom stereocenters. The van der Waals surface area contributed by atoms with Crippen LogP contribution in [-0.4, -0.2) is 57.9 Å². The van der Waals surface area contributed by atoms with Gasteiger partial charge in [0, 0.05) is 38.6 Å². The molecule has 0 spiro atoms. The molecule has 2 aromatic rings. The van der Waals surface area contributed by atoms with E-state index < -0.39 is 0 Å². The van der Waals surface area contributed by atoms with Crippen molar-refractivity contribution in [3.63, 3.8) is 0 Å². The maximum Gasteiger partial charge on any atom is 0.410 e. The van der Waals surface area contributed by atoms with E-state index in [1.165, 1.54) is 18.6 Å². The van der Waals surface area contributed by atoms with Gasteiger partial charge in [-0.15, -0.1) is 0 Å². The molecular formula is C18H20N4O3. The first kappa shape index (κ1) is 16.9. The highest BCUT2D eigenvalue weighted by Crippen LogP contribution is 2.09. The molecule has 7 nitrogen and oxygen atoms in total. The number of carbonyl (C=O) groups excluding carboxylic acids is 2. The van der Waals surface area contributed by atoms with Crippen LogP contribution in [0.25, 0.3) is 0 Å². The van der Waals surface area contributed by atoms with Gasteiger partial charge in [0.2, 0.25) is 0 Å². The first-order chi connectivity index (χ1) is 12.2. The zero-order valence-corrected chi connectivity index (χ0v) is 13.9. The van der Waals surface area contributed by atoms with Crippen molar-refractivity contribution in [1.82, 2.24) is 19.8 Å². The fourth-order valence-electron chi connectivity index (χ4n) is 2.69. The Balaban J connectivity index is 1.52. The average Bonchev–Trinajstić information content (AvgIpc) is 2.93. The number of hydrogen-bond donors (Lipinski definition) is 0. The molecule has 0 radical (unpaired) electrons. The molecule has 0 atom stereocenters. The Hall–Kier alpha value is -2.96. The first-order valence-electron chi connectivity index (χ1n) is 8.25. The van der Waals surface area contributed by atoms with Crippen LogP contribution in [0.3, 0.4) is 0 Å². The summed E-state index contributed by atoms with van der Waals surface area (Å²) in [5.41, 5.74) is 1.27. The molecule has 25 heavy (non-hydrogen) atoms. The minimum atomic E-state index is -0.349. The molecule has 1 aromatic carbocycles. The fraction of sp³-hybridized carbons (Fsp3) is 0.333. The minimum absolute atomic E-state index is 0.160. The molecule has 1 saturated heterocycles. The van der Waals surface area contributed by atoms with Gasteiger partial charge in [0.25, 0.3) is 5.91 Å². The van der Waals surface area contributed by atoms with E-state index in [1.54, 1.807) is 9.80 Å². The van der Waals surface area contributed by atoms with Crippen molar-refractivity contribution < 1.29 is 14.3 Å². The normalized spacial score (nSPS) is 14.7. The summed E-state index contributed by atoms with van der Waals surface area (Å²) in [5.74, 6) is -0.160. The van der Waals surface area contributed by atoms with E-state index in [9.17, 15) is 9.59 Å². The van der Waals surface area contributed by atoms with E-state index in [2.05, 4.69) is 9.97 Å². The van der Waals surface area contributed by atoms with Gasteiger partial charge in [0.1, 0.15) is 12.3 Å². The van der Waals surface area contributed by atoms with Gasteiger partial charge in [-0.05, 0) is 12.0 Å². The third-order valence-electron chi connectivity index (χ3n) is 4.03. The third-order valence-corrected chi connectivity index (χ3v) is 4.03. The molecule has 0 saturated carbocycles. The predicted octanol–water partition coefficient (Wildman–Crippen LogP) is 1.96. The van der Waals surface area contributed by atoms with Crippen LogP contribution in [0.4, 0.5) is 4.79 Å². The SMILES string of the molecule is O=C(OCc1ccccc1)N1CCCN(C(=O)c2cnccn2)CC1. The van der Waals surface area contributed by atoms with Crippen molar-refractivity contribution in [2.24, 2.45) is 0 Å². The van der Waals surface area contributed by atoms with E-state index in [4.69, 9.17) is 4.74 Å². The number of carbonyl (C=O) groups is 2. The number of benzene rings is 1. The largest absolute Gasteiger partial charge is 0.445 e. The standard InChI is InChI=1S/C18H20N4O3/c23-17(16-13-19-7-8-20-16)21-9-4-10-22(12-11-21)18(24)25-14-15-5-2-1-3-6-15/h1-3,5-8,13H,4,9-12,14H2. The summed E-state index contributed by atoms with van der Waals surface area (Å²) in [5, 5.41) is 0.